The van der Waals surface area contributed by atoms with Crippen molar-refractivity contribution in [2.24, 2.45) is 0 Å². The first kappa shape index (κ1) is 16.5. The van der Waals surface area contributed by atoms with Gasteiger partial charge in [0.15, 0.2) is 0 Å². The van der Waals surface area contributed by atoms with Gasteiger partial charge in [0, 0.05) is 34.5 Å². The predicted molar refractivity (Wildman–Crippen MR) is 88.2 cm³/mol. The zero-order chi connectivity index (χ0) is 15.1. The van der Waals surface area contributed by atoms with Crippen LogP contribution in [0.1, 0.15) is 5.56 Å². The van der Waals surface area contributed by atoms with E-state index in [0.717, 1.165) is 27.4 Å². The van der Waals surface area contributed by atoms with Gasteiger partial charge in [-0.25, -0.2) is 4.39 Å². The molecule has 21 heavy (non-hydrogen) atoms. The van der Waals surface area contributed by atoms with Crippen LogP contribution in [-0.4, -0.2) is 20.3 Å². The van der Waals surface area contributed by atoms with Crippen LogP contribution in [0.3, 0.4) is 0 Å². The van der Waals surface area contributed by atoms with Gasteiger partial charge in [0.05, 0.1) is 6.61 Å². The lowest BCUT2D eigenvalue weighted by molar-refractivity contribution is 0.199. The number of halogens is 2. The van der Waals surface area contributed by atoms with Crippen molar-refractivity contribution >= 4 is 27.7 Å². The smallest absolute Gasteiger partial charge is 0.123 e. The molecule has 0 atom stereocenters. The summed E-state index contributed by atoms with van der Waals surface area (Å²) in [6, 6.07) is 12.8. The van der Waals surface area contributed by atoms with Crippen molar-refractivity contribution in [3.05, 3.63) is 58.3 Å². The summed E-state index contributed by atoms with van der Waals surface area (Å²) >= 11 is 5.14. The Bertz CT molecular complexity index is 577. The molecular formula is C16H17BrFNOS. The highest BCUT2D eigenvalue weighted by Crippen LogP contribution is 2.32. The highest BCUT2D eigenvalue weighted by molar-refractivity contribution is 9.10. The van der Waals surface area contributed by atoms with Gasteiger partial charge in [-0.15, -0.1) is 0 Å². The SMILES string of the molecule is COCCNCc1cc(Br)ccc1Sc1ccc(F)cc1. The van der Waals surface area contributed by atoms with E-state index in [4.69, 9.17) is 4.74 Å². The molecule has 0 bridgehead atoms. The Hall–Kier alpha value is -0.880. The zero-order valence-electron chi connectivity index (χ0n) is 11.7. The number of hydrogen-bond acceptors (Lipinski definition) is 3. The predicted octanol–water partition coefficient (Wildman–Crippen LogP) is 4.48. The van der Waals surface area contributed by atoms with Crippen LogP contribution in [0.25, 0.3) is 0 Å². The largest absolute Gasteiger partial charge is 0.383 e. The lowest BCUT2D eigenvalue weighted by Crippen LogP contribution is -2.18. The molecule has 0 aliphatic carbocycles. The second-order valence-corrected chi connectivity index (χ2v) is 6.51. The van der Waals surface area contributed by atoms with Gasteiger partial charge in [-0.1, -0.05) is 27.7 Å². The molecule has 0 aliphatic heterocycles. The number of ether oxygens (including phenoxy) is 1. The molecule has 5 heteroatoms. The van der Waals surface area contributed by atoms with E-state index in [-0.39, 0.29) is 5.82 Å². The number of methoxy groups -OCH3 is 1. The Morgan fingerprint density at radius 3 is 2.67 bits per heavy atom. The highest BCUT2D eigenvalue weighted by Gasteiger charge is 2.06. The zero-order valence-corrected chi connectivity index (χ0v) is 14.1. The van der Waals surface area contributed by atoms with E-state index in [2.05, 4.69) is 33.4 Å². The quantitative estimate of drug-likeness (QED) is 0.727. The fourth-order valence-corrected chi connectivity index (χ4v) is 3.15. The summed E-state index contributed by atoms with van der Waals surface area (Å²) in [6.45, 7) is 2.27. The average Bonchev–Trinajstić information content (AvgIpc) is 2.48. The molecule has 0 spiro atoms. The molecule has 2 rings (SSSR count). The van der Waals surface area contributed by atoms with E-state index in [9.17, 15) is 4.39 Å². The van der Waals surface area contributed by atoms with Gasteiger partial charge in [-0.05, 0) is 48.0 Å². The number of benzene rings is 2. The Labute approximate surface area is 137 Å². The van der Waals surface area contributed by atoms with Gasteiger partial charge in [0.1, 0.15) is 5.82 Å². The Morgan fingerprint density at radius 1 is 1.19 bits per heavy atom. The van der Waals surface area contributed by atoms with Gasteiger partial charge in [-0.2, -0.15) is 0 Å². The maximum atomic E-state index is 13.0. The molecule has 0 saturated heterocycles. The minimum atomic E-state index is -0.211. The van der Waals surface area contributed by atoms with E-state index >= 15 is 0 Å². The molecule has 0 amide bonds. The van der Waals surface area contributed by atoms with Gasteiger partial charge in [0.2, 0.25) is 0 Å². The normalized spacial score (nSPS) is 10.8. The van der Waals surface area contributed by atoms with Gasteiger partial charge < -0.3 is 10.1 Å². The van der Waals surface area contributed by atoms with E-state index in [1.165, 1.54) is 17.7 Å². The molecule has 2 aromatic carbocycles. The molecule has 2 aromatic rings. The van der Waals surface area contributed by atoms with Crippen LogP contribution in [0.15, 0.2) is 56.7 Å². The van der Waals surface area contributed by atoms with E-state index in [1.54, 1.807) is 31.0 Å². The first-order valence-electron chi connectivity index (χ1n) is 6.60. The standard InChI is InChI=1S/C16H17BrFNOS/c1-20-9-8-19-11-12-10-13(17)2-7-16(12)21-15-5-3-14(18)4-6-15/h2-7,10,19H,8-9,11H2,1H3. The topological polar surface area (TPSA) is 21.3 Å². The van der Waals surface area contributed by atoms with Gasteiger partial charge in [-0.3, -0.25) is 0 Å². The second kappa shape index (κ2) is 8.54. The third-order valence-corrected chi connectivity index (χ3v) is 4.48. The first-order chi connectivity index (χ1) is 10.2. The monoisotopic (exact) mass is 369 g/mol. The molecule has 112 valence electrons. The fourth-order valence-electron chi connectivity index (χ4n) is 1.81. The summed E-state index contributed by atoms with van der Waals surface area (Å²) in [5.74, 6) is -0.211. The number of hydrogen-bond donors (Lipinski definition) is 1. The average molecular weight is 370 g/mol. The molecular weight excluding hydrogens is 353 g/mol. The van der Waals surface area contributed by atoms with Crippen molar-refractivity contribution in [1.29, 1.82) is 0 Å². The minimum Gasteiger partial charge on any atom is -0.383 e. The van der Waals surface area contributed by atoms with Gasteiger partial charge in [0.25, 0.3) is 0 Å². The number of nitrogens with one attached hydrogen (secondary N) is 1. The third-order valence-electron chi connectivity index (χ3n) is 2.86. The van der Waals surface area contributed by atoms with Crippen molar-refractivity contribution in [1.82, 2.24) is 5.32 Å². The lowest BCUT2D eigenvalue weighted by Gasteiger charge is -2.11. The summed E-state index contributed by atoms with van der Waals surface area (Å²) in [5, 5.41) is 3.35. The maximum Gasteiger partial charge on any atom is 0.123 e. The molecule has 0 radical (unpaired) electrons. The molecule has 2 nitrogen and oxygen atoms in total. The Morgan fingerprint density at radius 2 is 1.95 bits per heavy atom. The van der Waals surface area contributed by atoms with Crippen molar-refractivity contribution in [3.63, 3.8) is 0 Å². The summed E-state index contributed by atoms with van der Waals surface area (Å²) in [7, 11) is 1.69. The van der Waals surface area contributed by atoms with Crippen LogP contribution < -0.4 is 5.32 Å². The van der Waals surface area contributed by atoms with Crippen molar-refractivity contribution in [2.75, 3.05) is 20.3 Å². The maximum absolute atomic E-state index is 13.0. The molecule has 0 aromatic heterocycles. The Kier molecular flexibility index (Phi) is 6.70. The summed E-state index contributed by atoms with van der Waals surface area (Å²) in [4.78, 5) is 2.19. The van der Waals surface area contributed by atoms with Crippen LogP contribution in [0, 0.1) is 5.82 Å². The van der Waals surface area contributed by atoms with Gasteiger partial charge >= 0.3 is 0 Å². The third kappa shape index (κ3) is 5.43. The van der Waals surface area contributed by atoms with Crippen LogP contribution in [0.2, 0.25) is 0 Å². The summed E-state index contributed by atoms with van der Waals surface area (Å²) in [5.41, 5.74) is 1.20. The summed E-state index contributed by atoms with van der Waals surface area (Å²) in [6.07, 6.45) is 0. The van der Waals surface area contributed by atoms with Crippen LogP contribution in [0.5, 0.6) is 0 Å². The van der Waals surface area contributed by atoms with E-state index in [1.807, 2.05) is 6.07 Å². The summed E-state index contributed by atoms with van der Waals surface area (Å²) < 4.78 is 19.0. The highest BCUT2D eigenvalue weighted by atomic mass is 79.9. The van der Waals surface area contributed by atoms with E-state index < -0.39 is 0 Å². The van der Waals surface area contributed by atoms with Crippen LogP contribution in [-0.2, 0) is 11.3 Å². The van der Waals surface area contributed by atoms with E-state index in [0.29, 0.717) is 6.61 Å². The molecule has 0 aliphatic rings. The van der Waals surface area contributed by atoms with Crippen molar-refractivity contribution in [3.8, 4) is 0 Å². The van der Waals surface area contributed by atoms with Crippen LogP contribution in [0.4, 0.5) is 4.39 Å². The van der Waals surface area contributed by atoms with Crippen molar-refractivity contribution < 1.29 is 9.13 Å². The molecule has 0 heterocycles. The fraction of sp³-hybridized carbons (Fsp3) is 0.250. The molecule has 0 fully saturated rings. The van der Waals surface area contributed by atoms with Crippen LogP contribution >= 0.6 is 27.7 Å². The first-order valence-corrected chi connectivity index (χ1v) is 8.21. The Balaban J connectivity index is 2.08. The molecule has 0 saturated carbocycles. The van der Waals surface area contributed by atoms with Crippen molar-refractivity contribution in [2.45, 2.75) is 16.3 Å². The minimum absolute atomic E-state index is 0.211. The molecule has 0 unspecified atom stereocenters. The lowest BCUT2D eigenvalue weighted by atomic mass is 10.2. The molecule has 1 N–H and O–H groups in total. The number of rotatable bonds is 7. The second-order valence-electron chi connectivity index (χ2n) is 4.48.